The van der Waals surface area contributed by atoms with Crippen molar-refractivity contribution in [2.45, 2.75) is 83.1 Å². The van der Waals surface area contributed by atoms with E-state index < -0.39 is 5.92 Å². The molecule has 3 aliphatic rings. The highest BCUT2D eigenvalue weighted by Gasteiger charge is 2.38. The second kappa shape index (κ2) is 8.97. The first-order valence-electron chi connectivity index (χ1n) is 12.8. The summed E-state index contributed by atoms with van der Waals surface area (Å²) in [5.41, 5.74) is 1.35. The SMILES string of the molecule is CC(C)(C)C1=CC(=CC2=C(O)C(C=C3C=C(C(C)(C)C)OC(C(C)(C)C)=C3)C2=O)C=C(C(C)(C)C)O1. The number of hydrogen-bond acceptors (Lipinski definition) is 4. The van der Waals surface area contributed by atoms with Crippen LogP contribution in [0.1, 0.15) is 83.1 Å². The van der Waals surface area contributed by atoms with E-state index in [1.54, 1.807) is 6.08 Å². The highest BCUT2D eigenvalue weighted by molar-refractivity contribution is 6.09. The largest absolute Gasteiger partial charge is 0.510 e. The minimum absolute atomic E-state index is 0.0849. The van der Waals surface area contributed by atoms with Crippen molar-refractivity contribution in [3.63, 3.8) is 0 Å². The molecule has 0 bridgehead atoms. The number of aliphatic hydroxyl groups excluding tert-OH is 1. The Morgan fingerprint density at radius 1 is 0.639 bits per heavy atom. The summed E-state index contributed by atoms with van der Waals surface area (Å²) in [6.45, 7) is 25.2. The molecule has 0 aromatic carbocycles. The summed E-state index contributed by atoms with van der Waals surface area (Å²) in [6, 6.07) is 0. The van der Waals surface area contributed by atoms with E-state index >= 15 is 0 Å². The lowest BCUT2D eigenvalue weighted by molar-refractivity contribution is -0.120. The first kappa shape index (κ1) is 27.8. The van der Waals surface area contributed by atoms with Crippen molar-refractivity contribution in [1.82, 2.24) is 0 Å². The fourth-order valence-electron chi connectivity index (χ4n) is 3.87. The summed E-state index contributed by atoms with van der Waals surface area (Å²) in [7, 11) is 0. The molecule has 196 valence electrons. The highest BCUT2D eigenvalue weighted by atomic mass is 16.5. The normalized spacial score (nSPS) is 21.6. The van der Waals surface area contributed by atoms with E-state index in [0.717, 1.165) is 34.2 Å². The molecular formula is C32H44O4. The van der Waals surface area contributed by atoms with Gasteiger partial charge in [-0.2, -0.15) is 0 Å². The molecule has 1 atom stereocenters. The molecule has 0 fully saturated rings. The Hall–Kier alpha value is -2.75. The molecule has 0 aromatic rings. The number of hydrogen-bond donors (Lipinski definition) is 1. The monoisotopic (exact) mass is 492 g/mol. The van der Waals surface area contributed by atoms with E-state index in [1.807, 2.05) is 30.4 Å². The molecule has 0 saturated heterocycles. The predicted molar refractivity (Wildman–Crippen MR) is 147 cm³/mol. The zero-order chi connectivity index (χ0) is 27.4. The van der Waals surface area contributed by atoms with Crippen LogP contribution in [0.2, 0.25) is 0 Å². The fraction of sp³-hybridized carbons (Fsp3) is 0.531. The third-order valence-electron chi connectivity index (χ3n) is 6.38. The molecule has 0 radical (unpaired) electrons. The Labute approximate surface area is 217 Å². The molecule has 0 amide bonds. The summed E-state index contributed by atoms with van der Waals surface area (Å²) < 4.78 is 12.4. The lowest BCUT2D eigenvalue weighted by atomic mass is 9.78. The second-order valence-electron chi connectivity index (χ2n) is 14.2. The topological polar surface area (TPSA) is 55.8 Å². The molecule has 1 aliphatic carbocycles. The molecule has 36 heavy (non-hydrogen) atoms. The predicted octanol–water partition coefficient (Wildman–Crippen LogP) is 8.63. The molecule has 4 nitrogen and oxygen atoms in total. The van der Waals surface area contributed by atoms with Crippen LogP contribution < -0.4 is 0 Å². The first-order chi connectivity index (χ1) is 16.2. The standard InChI is InChI=1S/C32H44O4/c1-29(2,3)23-15-19(16-24(35-23)30(4,5)6)13-21-27(33)22(28(21)34)14-20-17-25(31(7,8)9)36-26(18-20)32(10,11)12/h13-18,21,33H,1-12H3. The van der Waals surface area contributed by atoms with Gasteiger partial charge in [0.1, 0.15) is 28.8 Å². The summed E-state index contributed by atoms with van der Waals surface area (Å²) >= 11 is 0. The van der Waals surface area contributed by atoms with Crippen LogP contribution in [0, 0.1) is 27.6 Å². The summed E-state index contributed by atoms with van der Waals surface area (Å²) in [5.74, 6) is 2.74. The number of aliphatic hydroxyl groups is 1. The number of Topliss-reactive ketones (excluding diaryl/α,β-unsaturated/α-hetero) is 1. The van der Waals surface area contributed by atoms with E-state index in [9.17, 15) is 9.90 Å². The Balaban J connectivity index is 2.01. The quantitative estimate of drug-likeness (QED) is 0.419. The molecule has 2 aliphatic heterocycles. The zero-order valence-corrected chi connectivity index (χ0v) is 24.2. The van der Waals surface area contributed by atoms with Gasteiger partial charge in [-0.25, -0.2) is 0 Å². The van der Waals surface area contributed by atoms with Gasteiger partial charge in [0, 0.05) is 21.7 Å². The van der Waals surface area contributed by atoms with Crippen LogP contribution in [0.25, 0.3) is 0 Å². The number of ether oxygens (including phenoxy) is 2. The second-order valence-corrected chi connectivity index (χ2v) is 14.2. The smallest absolute Gasteiger partial charge is 0.180 e. The zero-order valence-electron chi connectivity index (χ0n) is 24.2. The molecular weight excluding hydrogens is 448 g/mol. The van der Waals surface area contributed by atoms with Crippen LogP contribution in [0.4, 0.5) is 0 Å². The van der Waals surface area contributed by atoms with Crippen LogP contribution in [0.5, 0.6) is 0 Å². The molecule has 0 saturated carbocycles. The van der Waals surface area contributed by atoms with Gasteiger partial charge in [0.2, 0.25) is 0 Å². The number of rotatable bonds is 2. The highest BCUT2D eigenvalue weighted by Crippen LogP contribution is 2.42. The molecule has 1 unspecified atom stereocenters. The van der Waals surface area contributed by atoms with Crippen molar-refractivity contribution < 1.29 is 19.4 Å². The molecule has 4 heteroatoms. The van der Waals surface area contributed by atoms with Gasteiger partial charge < -0.3 is 14.6 Å². The molecule has 0 spiro atoms. The first-order valence-corrected chi connectivity index (χ1v) is 12.8. The molecule has 1 N–H and O–H groups in total. The van der Waals surface area contributed by atoms with E-state index in [-0.39, 0.29) is 33.2 Å². The minimum Gasteiger partial charge on any atom is -0.510 e. The summed E-state index contributed by atoms with van der Waals surface area (Å²) in [4.78, 5) is 13.2. The summed E-state index contributed by atoms with van der Waals surface area (Å²) in [5, 5.41) is 10.9. The molecule has 2 heterocycles. The average Bonchev–Trinajstić information content (AvgIpc) is 2.72. The molecule has 0 aromatic heterocycles. The van der Waals surface area contributed by atoms with Gasteiger partial charge in [-0.3, -0.25) is 4.79 Å². The van der Waals surface area contributed by atoms with Crippen molar-refractivity contribution in [2.75, 3.05) is 0 Å². The van der Waals surface area contributed by atoms with Gasteiger partial charge in [-0.05, 0) is 41.5 Å². The van der Waals surface area contributed by atoms with Gasteiger partial charge in [0.05, 0.1) is 11.5 Å². The van der Waals surface area contributed by atoms with Crippen LogP contribution >= 0.6 is 0 Å². The fourth-order valence-corrected chi connectivity index (χ4v) is 3.87. The maximum atomic E-state index is 13.2. The van der Waals surface area contributed by atoms with E-state index in [0.29, 0.717) is 5.57 Å². The van der Waals surface area contributed by atoms with E-state index in [2.05, 4.69) is 83.1 Å². The van der Waals surface area contributed by atoms with Crippen molar-refractivity contribution in [2.24, 2.45) is 27.6 Å². The van der Waals surface area contributed by atoms with Crippen molar-refractivity contribution in [3.8, 4) is 0 Å². The minimum atomic E-state index is -0.656. The average molecular weight is 493 g/mol. The summed E-state index contributed by atoms with van der Waals surface area (Å²) in [6.07, 6.45) is 11.5. The lowest BCUT2D eigenvalue weighted by Crippen LogP contribution is -2.30. The van der Waals surface area contributed by atoms with Gasteiger partial charge in [-0.15, -0.1) is 0 Å². The Morgan fingerprint density at radius 2 is 0.972 bits per heavy atom. The maximum Gasteiger partial charge on any atom is 0.180 e. The van der Waals surface area contributed by atoms with Gasteiger partial charge in [0.15, 0.2) is 5.78 Å². The van der Waals surface area contributed by atoms with E-state index in [1.165, 1.54) is 0 Å². The van der Waals surface area contributed by atoms with Crippen LogP contribution in [-0.2, 0) is 14.3 Å². The number of carbonyl (C=O) groups is 1. The number of allylic oxidation sites excluding steroid dienone is 13. The third-order valence-corrected chi connectivity index (χ3v) is 6.38. The number of ketones is 1. The van der Waals surface area contributed by atoms with Gasteiger partial charge in [-0.1, -0.05) is 89.2 Å². The van der Waals surface area contributed by atoms with Crippen molar-refractivity contribution in [3.05, 3.63) is 82.0 Å². The van der Waals surface area contributed by atoms with Gasteiger partial charge in [0.25, 0.3) is 0 Å². The van der Waals surface area contributed by atoms with E-state index in [4.69, 9.17) is 9.47 Å². The lowest BCUT2D eigenvalue weighted by Gasteiger charge is -2.33. The maximum absolute atomic E-state index is 13.2. The van der Waals surface area contributed by atoms with Gasteiger partial charge >= 0.3 is 0 Å². The number of carbonyl (C=O) groups excluding carboxylic acids is 1. The Bertz CT molecular complexity index is 1100. The Kier molecular flexibility index (Phi) is 6.94. The molecule has 3 rings (SSSR count). The van der Waals surface area contributed by atoms with Crippen LogP contribution in [0.3, 0.4) is 0 Å². The van der Waals surface area contributed by atoms with Crippen LogP contribution in [-0.4, -0.2) is 10.9 Å². The van der Waals surface area contributed by atoms with Crippen molar-refractivity contribution >= 4 is 5.78 Å². The van der Waals surface area contributed by atoms with Crippen LogP contribution in [0.15, 0.2) is 82.0 Å². The van der Waals surface area contributed by atoms with Crippen molar-refractivity contribution in [1.29, 1.82) is 0 Å². The Morgan fingerprint density at radius 3 is 1.28 bits per heavy atom. The third kappa shape index (κ3) is 5.96.